The molecule has 29 heavy (non-hydrogen) atoms. The Bertz CT molecular complexity index is 647. The zero-order valence-electron chi connectivity index (χ0n) is 19.0. The summed E-state index contributed by atoms with van der Waals surface area (Å²) in [6.07, 6.45) is 16.0. The maximum atomic E-state index is 11.8. The average molecular weight is 402 g/mol. The van der Waals surface area contributed by atoms with E-state index in [0.29, 0.717) is 0 Å². The molecular weight excluding hydrogens is 362 g/mol. The van der Waals surface area contributed by atoms with Crippen molar-refractivity contribution < 1.29 is 14.3 Å². The molecule has 0 bridgehead atoms. The van der Waals surface area contributed by atoms with Crippen LogP contribution >= 0.6 is 0 Å². The molecule has 4 heteroatoms. The molecule has 0 aromatic carbocycles. The first-order valence-corrected chi connectivity index (χ1v) is 10.4. The van der Waals surface area contributed by atoms with E-state index in [2.05, 4.69) is 57.8 Å². The van der Waals surface area contributed by atoms with Gasteiger partial charge < -0.3 is 10.1 Å². The first-order valence-electron chi connectivity index (χ1n) is 10.4. The van der Waals surface area contributed by atoms with Gasteiger partial charge in [-0.1, -0.05) is 53.2 Å². The number of rotatable bonds is 14. The van der Waals surface area contributed by atoms with E-state index in [1.807, 2.05) is 6.92 Å². The van der Waals surface area contributed by atoms with Gasteiger partial charge in [0, 0.05) is 6.08 Å². The molecule has 4 nitrogen and oxygen atoms in total. The van der Waals surface area contributed by atoms with Crippen LogP contribution in [0.25, 0.3) is 0 Å². The molecule has 0 aliphatic rings. The Morgan fingerprint density at radius 3 is 1.86 bits per heavy atom. The second-order valence-electron chi connectivity index (χ2n) is 7.68. The number of ether oxygens (including phenoxy) is 1. The topological polar surface area (TPSA) is 55.4 Å². The van der Waals surface area contributed by atoms with Crippen molar-refractivity contribution in [3.8, 4) is 0 Å². The number of hydrogen-bond acceptors (Lipinski definition) is 3. The maximum absolute atomic E-state index is 11.8. The normalized spacial score (nSPS) is 12.4. The summed E-state index contributed by atoms with van der Waals surface area (Å²) >= 11 is 0. The second-order valence-corrected chi connectivity index (χ2v) is 7.68. The van der Waals surface area contributed by atoms with Crippen LogP contribution in [0.1, 0.15) is 73.1 Å². The van der Waals surface area contributed by atoms with Crippen LogP contribution in [0.5, 0.6) is 0 Å². The molecule has 0 aliphatic carbocycles. The minimum Gasteiger partial charge on any atom is -0.460 e. The molecule has 1 N–H and O–H groups in total. The van der Waals surface area contributed by atoms with Crippen LogP contribution < -0.4 is 5.32 Å². The van der Waals surface area contributed by atoms with Gasteiger partial charge in [0.1, 0.15) is 13.2 Å². The van der Waals surface area contributed by atoms with Crippen molar-refractivity contribution in [3.63, 3.8) is 0 Å². The van der Waals surface area contributed by atoms with Gasteiger partial charge in [-0.15, -0.1) is 0 Å². The molecule has 162 valence electrons. The fraction of sp³-hybridized carbons (Fsp3) is 0.520. The summed E-state index contributed by atoms with van der Waals surface area (Å²) in [4.78, 5) is 23.1. The van der Waals surface area contributed by atoms with E-state index in [-0.39, 0.29) is 19.1 Å². The molecule has 0 heterocycles. The zero-order valence-corrected chi connectivity index (χ0v) is 19.0. The van der Waals surface area contributed by atoms with Crippen molar-refractivity contribution in [2.45, 2.75) is 73.1 Å². The van der Waals surface area contributed by atoms with Crippen molar-refractivity contribution in [3.05, 3.63) is 59.3 Å². The number of nitrogens with one attached hydrogen (secondary N) is 1. The Hall–Kier alpha value is -2.36. The highest BCUT2D eigenvalue weighted by Gasteiger charge is 2.04. The fourth-order valence-electron chi connectivity index (χ4n) is 2.59. The summed E-state index contributed by atoms with van der Waals surface area (Å²) in [6, 6.07) is 0. The van der Waals surface area contributed by atoms with E-state index in [1.165, 1.54) is 22.8 Å². The first kappa shape index (κ1) is 26.6. The lowest BCUT2D eigenvalue weighted by molar-refractivity contribution is -0.142. The Balaban J connectivity index is 4.14. The standard InChI is InChI=1S/C25H39NO3/c1-7-17-29-25(28)19-26-24(27)18-23(6)16-10-15-22(5)14-9-13-21(4)12-8-11-20(2)3/h7,11,13,15,18H,1,8-10,12,14,16-17,19H2,2-6H3,(H,26,27)/b21-13+,22-15+,23-18+. The molecule has 0 saturated heterocycles. The van der Waals surface area contributed by atoms with Crippen molar-refractivity contribution >= 4 is 11.9 Å². The Labute approximate surface area is 177 Å². The van der Waals surface area contributed by atoms with E-state index in [9.17, 15) is 9.59 Å². The highest BCUT2D eigenvalue weighted by atomic mass is 16.5. The Morgan fingerprint density at radius 1 is 0.828 bits per heavy atom. The lowest BCUT2D eigenvalue weighted by Crippen LogP contribution is -2.29. The minimum absolute atomic E-state index is 0.128. The zero-order chi connectivity index (χ0) is 22.1. The molecular formula is C25H39NO3. The average Bonchev–Trinajstić information content (AvgIpc) is 2.64. The van der Waals surface area contributed by atoms with Crippen LogP contribution in [0.15, 0.2) is 59.3 Å². The predicted molar refractivity (Wildman–Crippen MR) is 123 cm³/mol. The van der Waals surface area contributed by atoms with Gasteiger partial charge in [-0.05, 0) is 73.1 Å². The van der Waals surface area contributed by atoms with Gasteiger partial charge in [0.15, 0.2) is 0 Å². The first-order chi connectivity index (χ1) is 13.7. The quantitative estimate of drug-likeness (QED) is 0.221. The highest BCUT2D eigenvalue weighted by Crippen LogP contribution is 2.13. The van der Waals surface area contributed by atoms with Gasteiger partial charge in [-0.25, -0.2) is 0 Å². The van der Waals surface area contributed by atoms with Gasteiger partial charge in [0.05, 0.1) is 0 Å². The van der Waals surface area contributed by atoms with Crippen LogP contribution in [0.4, 0.5) is 0 Å². The summed E-state index contributed by atoms with van der Waals surface area (Å²) in [5.74, 6) is -0.739. The van der Waals surface area contributed by atoms with Crippen LogP contribution in [0.2, 0.25) is 0 Å². The molecule has 0 saturated carbocycles. The van der Waals surface area contributed by atoms with Crippen molar-refractivity contribution in [2.24, 2.45) is 0 Å². The van der Waals surface area contributed by atoms with Gasteiger partial charge in [-0.3, -0.25) is 9.59 Å². The van der Waals surface area contributed by atoms with Crippen LogP contribution in [-0.2, 0) is 14.3 Å². The van der Waals surface area contributed by atoms with E-state index in [4.69, 9.17) is 4.74 Å². The Kier molecular flexibility index (Phi) is 15.2. The van der Waals surface area contributed by atoms with Gasteiger partial charge in [-0.2, -0.15) is 0 Å². The predicted octanol–water partition coefficient (Wildman–Crippen LogP) is 5.98. The summed E-state index contributed by atoms with van der Waals surface area (Å²) < 4.78 is 4.81. The van der Waals surface area contributed by atoms with E-state index >= 15 is 0 Å². The minimum atomic E-state index is -0.468. The third kappa shape index (κ3) is 17.5. The monoisotopic (exact) mass is 401 g/mol. The van der Waals surface area contributed by atoms with Crippen LogP contribution in [-0.4, -0.2) is 25.0 Å². The fourth-order valence-corrected chi connectivity index (χ4v) is 2.59. The van der Waals surface area contributed by atoms with E-state index in [0.717, 1.165) is 44.1 Å². The molecule has 0 unspecified atom stereocenters. The molecule has 0 fully saturated rings. The SMILES string of the molecule is C=CCOC(=O)CNC(=O)/C=C(\C)CC/C=C(\C)CC/C=C(\C)CCC=C(C)C. The van der Waals surface area contributed by atoms with Crippen LogP contribution in [0.3, 0.4) is 0 Å². The lowest BCUT2D eigenvalue weighted by Gasteiger charge is -2.04. The molecule has 0 rings (SSSR count). The molecule has 0 spiro atoms. The molecule has 0 radical (unpaired) electrons. The number of hydrogen-bond donors (Lipinski definition) is 1. The van der Waals surface area contributed by atoms with Gasteiger partial charge in [0.2, 0.25) is 5.91 Å². The molecule has 1 amide bonds. The summed E-state index contributed by atoms with van der Waals surface area (Å²) in [6.45, 7) is 14.1. The Morgan fingerprint density at radius 2 is 1.34 bits per heavy atom. The number of esters is 1. The summed E-state index contributed by atoms with van der Waals surface area (Å²) in [7, 11) is 0. The highest BCUT2D eigenvalue weighted by molar-refractivity contribution is 5.90. The molecule has 0 aromatic heterocycles. The van der Waals surface area contributed by atoms with E-state index < -0.39 is 5.97 Å². The van der Waals surface area contributed by atoms with Crippen molar-refractivity contribution in [2.75, 3.05) is 13.2 Å². The third-order valence-electron chi connectivity index (χ3n) is 4.30. The van der Waals surface area contributed by atoms with E-state index in [1.54, 1.807) is 6.08 Å². The molecule has 0 atom stereocenters. The summed E-state index contributed by atoms with van der Waals surface area (Å²) in [5.41, 5.74) is 5.19. The van der Waals surface area contributed by atoms with Crippen molar-refractivity contribution in [1.82, 2.24) is 5.32 Å². The largest absolute Gasteiger partial charge is 0.460 e. The van der Waals surface area contributed by atoms with Gasteiger partial charge in [0.25, 0.3) is 0 Å². The maximum Gasteiger partial charge on any atom is 0.325 e. The number of carbonyl (C=O) groups excluding carboxylic acids is 2. The van der Waals surface area contributed by atoms with Crippen molar-refractivity contribution in [1.29, 1.82) is 0 Å². The van der Waals surface area contributed by atoms with Crippen LogP contribution in [0, 0.1) is 0 Å². The lowest BCUT2D eigenvalue weighted by atomic mass is 10.0. The number of amides is 1. The number of carbonyl (C=O) groups is 2. The number of allylic oxidation sites excluding steroid dienone is 7. The smallest absolute Gasteiger partial charge is 0.325 e. The third-order valence-corrected chi connectivity index (χ3v) is 4.30. The summed E-state index contributed by atoms with van der Waals surface area (Å²) in [5, 5.41) is 2.53. The van der Waals surface area contributed by atoms with Gasteiger partial charge >= 0.3 is 5.97 Å². The second kappa shape index (κ2) is 16.6. The molecule has 0 aliphatic heterocycles. The molecule has 0 aromatic rings.